The zero-order valence-corrected chi connectivity index (χ0v) is 23.1. The average molecular weight is 529 g/mol. The van der Waals surface area contributed by atoms with Crippen molar-refractivity contribution >= 4 is 42.6 Å². The lowest BCUT2D eigenvalue weighted by molar-refractivity contribution is 0.0983. The van der Waals surface area contributed by atoms with Crippen molar-refractivity contribution in [2.75, 3.05) is 44.2 Å². The molecule has 0 aliphatic carbocycles. The summed E-state index contributed by atoms with van der Waals surface area (Å²) in [5.74, 6) is -0.169. The van der Waals surface area contributed by atoms with Gasteiger partial charge in [0.2, 0.25) is 10.0 Å². The van der Waals surface area contributed by atoms with Crippen LogP contribution in [0.1, 0.15) is 55.5 Å². The number of nitrogens with zero attached hydrogens (tertiary/aromatic N) is 4. The van der Waals surface area contributed by atoms with Crippen molar-refractivity contribution in [3.05, 3.63) is 53.6 Å². The molecule has 1 aliphatic heterocycles. The minimum Gasteiger partial charge on any atom is -0.302 e. The first kappa shape index (κ1) is 26.7. The van der Waals surface area contributed by atoms with E-state index in [1.807, 2.05) is 25.1 Å². The number of aromatic nitrogens is 1. The van der Waals surface area contributed by atoms with Gasteiger partial charge in [0.1, 0.15) is 0 Å². The number of rotatable bonds is 9. The average Bonchev–Trinajstić information content (AvgIpc) is 3.12. The highest BCUT2D eigenvalue weighted by Gasteiger charge is 2.27. The highest BCUT2D eigenvalue weighted by atomic mass is 32.2. The van der Waals surface area contributed by atoms with Crippen LogP contribution < -0.4 is 4.90 Å². The smallest absolute Gasteiger partial charge is 0.260 e. The molecule has 2 heterocycles. The Morgan fingerprint density at radius 2 is 1.64 bits per heavy atom. The van der Waals surface area contributed by atoms with Crippen molar-refractivity contribution in [2.24, 2.45) is 0 Å². The van der Waals surface area contributed by atoms with Gasteiger partial charge in [0.25, 0.3) is 5.91 Å². The van der Waals surface area contributed by atoms with E-state index < -0.39 is 10.0 Å². The zero-order valence-electron chi connectivity index (χ0n) is 21.4. The number of carbonyl (C=O) groups is 1. The number of likely N-dealkylation sites (N-methyl/N-ethyl adjacent to an activating group) is 1. The maximum absolute atomic E-state index is 13.7. The van der Waals surface area contributed by atoms with Gasteiger partial charge in [0, 0.05) is 31.7 Å². The fourth-order valence-electron chi connectivity index (χ4n) is 4.61. The number of benzene rings is 2. The van der Waals surface area contributed by atoms with Gasteiger partial charge in [0.15, 0.2) is 5.13 Å². The van der Waals surface area contributed by atoms with E-state index in [2.05, 4.69) is 18.7 Å². The Hall–Kier alpha value is -2.33. The molecule has 194 valence electrons. The van der Waals surface area contributed by atoms with Crippen molar-refractivity contribution in [3.8, 4) is 0 Å². The molecule has 0 saturated carbocycles. The number of carbonyl (C=O) groups excluding carboxylic acids is 1. The normalized spacial score (nSPS) is 15.3. The van der Waals surface area contributed by atoms with E-state index in [1.54, 1.807) is 33.5 Å². The molecule has 1 saturated heterocycles. The molecule has 1 aliphatic rings. The second-order valence-corrected chi connectivity index (χ2v) is 12.2. The van der Waals surface area contributed by atoms with Gasteiger partial charge in [0.05, 0.1) is 15.1 Å². The van der Waals surface area contributed by atoms with Crippen LogP contribution in [0.15, 0.2) is 47.4 Å². The van der Waals surface area contributed by atoms with Crippen molar-refractivity contribution in [2.45, 2.75) is 51.3 Å². The van der Waals surface area contributed by atoms with Gasteiger partial charge in [-0.2, -0.15) is 4.31 Å². The summed E-state index contributed by atoms with van der Waals surface area (Å²) >= 11 is 1.51. The number of anilines is 1. The van der Waals surface area contributed by atoms with E-state index in [0.717, 1.165) is 61.1 Å². The molecule has 0 atom stereocenters. The van der Waals surface area contributed by atoms with Crippen LogP contribution in [0, 0.1) is 6.92 Å². The van der Waals surface area contributed by atoms with Gasteiger partial charge >= 0.3 is 0 Å². The molecule has 9 heteroatoms. The minimum absolute atomic E-state index is 0.169. The van der Waals surface area contributed by atoms with Gasteiger partial charge in [-0.05, 0) is 68.8 Å². The van der Waals surface area contributed by atoms with E-state index >= 15 is 0 Å². The maximum atomic E-state index is 13.7. The molecule has 4 rings (SSSR count). The SMILES string of the molecule is CCN(CC)CCN(C(=O)c1ccc(S(=O)(=O)N2CCCCCC2)cc1)c1nc2c(C)cccc2s1. The third-order valence-electron chi connectivity index (χ3n) is 6.92. The summed E-state index contributed by atoms with van der Waals surface area (Å²) in [5.41, 5.74) is 2.45. The summed E-state index contributed by atoms with van der Waals surface area (Å²) in [4.78, 5) is 22.8. The largest absolute Gasteiger partial charge is 0.302 e. The lowest BCUT2D eigenvalue weighted by Gasteiger charge is -2.25. The first-order chi connectivity index (χ1) is 17.3. The molecule has 0 N–H and O–H groups in total. The van der Waals surface area contributed by atoms with Gasteiger partial charge in [-0.25, -0.2) is 13.4 Å². The molecule has 0 spiro atoms. The van der Waals surface area contributed by atoms with E-state index in [1.165, 1.54) is 11.3 Å². The van der Waals surface area contributed by atoms with Crippen molar-refractivity contribution in [1.29, 1.82) is 0 Å². The zero-order chi connectivity index (χ0) is 25.7. The number of amides is 1. The molecular formula is C27H36N4O3S2. The highest BCUT2D eigenvalue weighted by molar-refractivity contribution is 7.89. The topological polar surface area (TPSA) is 73.8 Å². The summed E-state index contributed by atoms with van der Waals surface area (Å²) in [5, 5.41) is 0.665. The van der Waals surface area contributed by atoms with E-state index in [0.29, 0.717) is 30.3 Å². The molecule has 0 radical (unpaired) electrons. The summed E-state index contributed by atoms with van der Waals surface area (Å²) in [6.45, 7) is 10.4. The lowest BCUT2D eigenvalue weighted by atomic mass is 10.2. The summed E-state index contributed by atoms with van der Waals surface area (Å²) < 4.78 is 29.0. The number of sulfonamides is 1. The Kier molecular flexibility index (Phi) is 8.77. The van der Waals surface area contributed by atoms with E-state index in [4.69, 9.17) is 4.98 Å². The van der Waals surface area contributed by atoms with Gasteiger partial charge in [-0.15, -0.1) is 0 Å². The Bertz CT molecular complexity index is 1280. The van der Waals surface area contributed by atoms with Crippen LogP contribution in [0.4, 0.5) is 5.13 Å². The predicted molar refractivity (Wildman–Crippen MR) is 147 cm³/mol. The number of hydrogen-bond donors (Lipinski definition) is 0. The molecule has 36 heavy (non-hydrogen) atoms. The number of thiazole rings is 1. The number of para-hydroxylation sites is 1. The van der Waals surface area contributed by atoms with E-state index in [9.17, 15) is 13.2 Å². The number of aryl methyl sites for hydroxylation is 1. The first-order valence-electron chi connectivity index (χ1n) is 12.9. The summed E-state index contributed by atoms with van der Waals surface area (Å²) in [6, 6.07) is 12.5. The third-order valence-corrected chi connectivity index (χ3v) is 9.88. The van der Waals surface area contributed by atoms with Crippen LogP contribution in [0.25, 0.3) is 10.2 Å². The Balaban J connectivity index is 1.61. The Morgan fingerprint density at radius 3 is 2.25 bits per heavy atom. The van der Waals surface area contributed by atoms with Crippen LogP contribution in [-0.4, -0.2) is 67.8 Å². The van der Waals surface area contributed by atoms with Crippen molar-refractivity contribution < 1.29 is 13.2 Å². The van der Waals surface area contributed by atoms with Crippen molar-refractivity contribution in [3.63, 3.8) is 0 Å². The van der Waals surface area contributed by atoms with Crippen LogP contribution in [-0.2, 0) is 10.0 Å². The van der Waals surface area contributed by atoms with E-state index in [-0.39, 0.29) is 10.8 Å². The molecule has 2 aromatic carbocycles. The molecular weight excluding hydrogens is 492 g/mol. The Morgan fingerprint density at radius 1 is 0.972 bits per heavy atom. The fourth-order valence-corrected chi connectivity index (χ4v) is 7.20. The van der Waals surface area contributed by atoms with Gasteiger partial charge < -0.3 is 4.90 Å². The standard InChI is InChI=1S/C27H36N4O3S2/c1-4-29(5-2)19-20-31(27-28-25-21(3)11-10-12-24(25)35-27)26(32)22-13-15-23(16-14-22)36(33,34)30-17-8-6-7-9-18-30/h10-16H,4-9,17-20H2,1-3H3. The fraction of sp³-hybridized carbons (Fsp3) is 0.481. The Labute approximate surface area is 218 Å². The minimum atomic E-state index is -3.56. The lowest BCUT2D eigenvalue weighted by Crippen LogP contribution is -2.39. The van der Waals surface area contributed by atoms with Crippen molar-refractivity contribution in [1.82, 2.24) is 14.2 Å². The molecule has 0 unspecified atom stereocenters. The maximum Gasteiger partial charge on any atom is 0.260 e. The number of fused-ring (bicyclic) bond motifs is 1. The monoisotopic (exact) mass is 528 g/mol. The second kappa shape index (κ2) is 11.8. The summed E-state index contributed by atoms with van der Waals surface area (Å²) in [6.07, 6.45) is 3.90. The van der Waals surface area contributed by atoms with Crippen LogP contribution in [0.5, 0.6) is 0 Å². The van der Waals surface area contributed by atoms with Gasteiger partial charge in [-0.3, -0.25) is 9.69 Å². The van der Waals surface area contributed by atoms with Crippen LogP contribution >= 0.6 is 11.3 Å². The molecule has 1 fully saturated rings. The molecule has 1 amide bonds. The second-order valence-electron chi connectivity index (χ2n) is 9.24. The summed E-state index contributed by atoms with van der Waals surface area (Å²) in [7, 11) is -3.56. The predicted octanol–water partition coefficient (Wildman–Crippen LogP) is 5.16. The molecule has 3 aromatic rings. The molecule has 0 bridgehead atoms. The first-order valence-corrected chi connectivity index (χ1v) is 15.1. The highest BCUT2D eigenvalue weighted by Crippen LogP contribution is 2.31. The van der Waals surface area contributed by atoms with Crippen LogP contribution in [0.3, 0.4) is 0 Å². The molecule has 7 nitrogen and oxygen atoms in total. The quantitative estimate of drug-likeness (QED) is 0.384. The van der Waals surface area contributed by atoms with Crippen LogP contribution in [0.2, 0.25) is 0 Å². The van der Waals surface area contributed by atoms with Gasteiger partial charge in [-0.1, -0.05) is 50.2 Å². The molecule has 1 aromatic heterocycles. The number of hydrogen-bond acceptors (Lipinski definition) is 6. The third kappa shape index (κ3) is 5.80.